The van der Waals surface area contributed by atoms with Crippen LogP contribution in [0.2, 0.25) is 0 Å². The van der Waals surface area contributed by atoms with Gasteiger partial charge in [0.2, 0.25) is 0 Å². The lowest BCUT2D eigenvalue weighted by Crippen LogP contribution is -2.46. The van der Waals surface area contributed by atoms with E-state index in [9.17, 15) is 4.39 Å². The average Bonchev–Trinajstić information content (AvgIpc) is 3.17. The zero-order chi connectivity index (χ0) is 20.8. The van der Waals surface area contributed by atoms with Crippen molar-refractivity contribution in [1.29, 1.82) is 0 Å². The molecule has 0 aliphatic carbocycles. The topological polar surface area (TPSA) is 56.0 Å². The first kappa shape index (κ1) is 21.2. The summed E-state index contributed by atoms with van der Waals surface area (Å²) in [5.41, 5.74) is 1.57. The number of hydrogen-bond donors (Lipinski definition) is 2. The molecule has 1 aromatic heterocycles. The predicted molar refractivity (Wildman–Crippen MR) is 116 cm³/mol. The Morgan fingerprint density at radius 1 is 1.21 bits per heavy atom. The van der Waals surface area contributed by atoms with E-state index in [1.165, 1.54) is 0 Å². The van der Waals surface area contributed by atoms with Crippen LogP contribution in [-0.4, -0.2) is 50.6 Å². The van der Waals surface area contributed by atoms with Gasteiger partial charge in [0.25, 0.3) is 0 Å². The van der Waals surface area contributed by atoms with Crippen LogP contribution in [0.4, 0.5) is 10.1 Å². The van der Waals surface area contributed by atoms with E-state index in [2.05, 4.69) is 32.3 Å². The zero-order valence-electron chi connectivity index (χ0n) is 17.8. The molecule has 158 valence electrons. The van der Waals surface area contributed by atoms with Crippen molar-refractivity contribution in [3.8, 4) is 0 Å². The Balaban J connectivity index is 1.55. The van der Waals surface area contributed by atoms with Crippen molar-refractivity contribution >= 4 is 11.6 Å². The monoisotopic (exact) mass is 401 g/mol. The molecule has 1 saturated heterocycles. The van der Waals surface area contributed by atoms with Gasteiger partial charge in [0, 0.05) is 39.8 Å². The SMILES string of the molecule is CCN1CCN(c2ccc(CNC(=NC)NC(C)c3ccc(C)o3)cc2F)CC1. The van der Waals surface area contributed by atoms with Gasteiger partial charge < -0.3 is 24.9 Å². The van der Waals surface area contributed by atoms with E-state index >= 15 is 0 Å². The van der Waals surface area contributed by atoms with Gasteiger partial charge in [-0.15, -0.1) is 0 Å². The van der Waals surface area contributed by atoms with Crippen LogP contribution in [0.1, 0.15) is 37.0 Å². The third-order valence-electron chi connectivity index (χ3n) is 5.40. The van der Waals surface area contributed by atoms with Gasteiger partial charge in [-0.25, -0.2) is 4.39 Å². The van der Waals surface area contributed by atoms with Gasteiger partial charge in [-0.3, -0.25) is 4.99 Å². The molecule has 0 saturated carbocycles. The molecule has 0 amide bonds. The number of guanidine groups is 1. The molecule has 1 unspecified atom stereocenters. The molecule has 2 heterocycles. The van der Waals surface area contributed by atoms with E-state index in [0.717, 1.165) is 49.8 Å². The molecule has 7 heteroatoms. The third-order valence-corrected chi connectivity index (χ3v) is 5.40. The molecule has 3 rings (SSSR count). The molecule has 2 aromatic rings. The standard InChI is InChI=1S/C22H32FN5O/c1-5-27-10-12-28(13-11-27)20-8-7-18(14-19(20)23)15-25-22(24-4)26-17(3)21-9-6-16(2)29-21/h6-9,14,17H,5,10-13,15H2,1-4H3,(H2,24,25,26). The van der Waals surface area contributed by atoms with Crippen molar-refractivity contribution in [2.45, 2.75) is 33.4 Å². The van der Waals surface area contributed by atoms with Crippen LogP contribution in [-0.2, 0) is 6.54 Å². The number of aliphatic imine (C=N–C) groups is 1. The maximum atomic E-state index is 14.7. The predicted octanol–water partition coefficient (Wildman–Crippen LogP) is 3.30. The van der Waals surface area contributed by atoms with Crippen molar-refractivity contribution < 1.29 is 8.81 Å². The second-order valence-electron chi connectivity index (χ2n) is 7.45. The third kappa shape index (κ3) is 5.50. The Labute approximate surface area is 172 Å². The Kier molecular flexibility index (Phi) is 7.14. The fourth-order valence-corrected chi connectivity index (χ4v) is 3.56. The molecule has 1 fully saturated rings. The van der Waals surface area contributed by atoms with Gasteiger partial charge in [0.05, 0.1) is 11.7 Å². The average molecular weight is 402 g/mol. The number of nitrogens with zero attached hydrogens (tertiary/aromatic N) is 3. The van der Waals surface area contributed by atoms with Gasteiger partial charge in [-0.2, -0.15) is 0 Å². The number of piperazine rings is 1. The van der Waals surface area contributed by atoms with Crippen molar-refractivity contribution in [2.75, 3.05) is 44.7 Å². The van der Waals surface area contributed by atoms with Crippen molar-refractivity contribution in [1.82, 2.24) is 15.5 Å². The lowest BCUT2D eigenvalue weighted by atomic mass is 10.1. The molecular weight excluding hydrogens is 369 g/mol. The fourth-order valence-electron chi connectivity index (χ4n) is 3.56. The van der Waals surface area contributed by atoms with E-state index in [0.29, 0.717) is 18.2 Å². The van der Waals surface area contributed by atoms with Crippen LogP contribution in [0.5, 0.6) is 0 Å². The Bertz CT molecular complexity index is 826. The normalized spacial score (nSPS) is 16.7. The summed E-state index contributed by atoms with van der Waals surface area (Å²) in [7, 11) is 1.72. The molecule has 6 nitrogen and oxygen atoms in total. The maximum absolute atomic E-state index is 14.7. The van der Waals surface area contributed by atoms with Crippen LogP contribution >= 0.6 is 0 Å². The highest BCUT2D eigenvalue weighted by Crippen LogP contribution is 2.22. The van der Waals surface area contributed by atoms with Crippen LogP contribution in [0, 0.1) is 12.7 Å². The Hall–Kier alpha value is -2.54. The molecule has 1 aliphatic rings. The Morgan fingerprint density at radius 2 is 1.97 bits per heavy atom. The summed E-state index contributed by atoms with van der Waals surface area (Å²) in [5, 5.41) is 6.54. The number of anilines is 1. The summed E-state index contributed by atoms with van der Waals surface area (Å²) in [6.07, 6.45) is 0. The minimum atomic E-state index is -0.170. The van der Waals surface area contributed by atoms with E-state index in [1.54, 1.807) is 13.1 Å². The minimum absolute atomic E-state index is 0.0178. The number of halogens is 1. The van der Waals surface area contributed by atoms with Crippen molar-refractivity contribution in [2.24, 2.45) is 4.99 Å². The first-order valence-corrected chi connectivity index (χ1v) is 10.3. The molecule has 1 aromatic carbocycles. The highest BCUT2D eigenvalue weighted by molar-refractivity contribution is 5.80. The summed E-state index contributed by atoms with van der Waals surface area (Å²) in [5.74, 6) is 2.20. The number of hydrogen-bond acceptors (Lipinski definition) is 4. The van der Waals surface area contributed by atoms with Crippen molar-refractivity contribution in [3.63, 3.8) is 0 Å². The number of furan rings is 1. The fraction of sp³-hybridized carbons (Fsp3) is 0.500. The molecule has 1 atom stereocenters. The lowest BCUT2D eigenvalue weighted by Gasteiger charge is -2.35. The lowest BCUT2D eigenvalue weighted by molar-refractivity contribution is 0.270. The second-order valence-corrected chi connectivity index (χ2v) is 7.45. The van der Waals surface area contributed by atoms with Crippen LogP contribution < -0.4 is 15.5 Å². The summed E-state index contributed by atoms with van der Waals surface area (Å²) in [6, 6.07) is 9.35. The van der Waals surface area contributed by atoms with Crippen LogP contribution in [0.15, 0.2) is 39.7 Å². The summed E-state index contributed by atoms with van der Waals surface area (Å²) < 4.78 is 20.4. The second kappa shape index (κ2) is 9.78. The number of rotatable bonds is 6. The quantitative estimate of drug-likeness (QED) is 0.575. The van der Waals surface area contributed by atoms with E-state index in [4.69, 9.17) is 4.42 Å². The van der Waals surface area contributed by atoms with Gasteiger partial charge in [-0.1, -0.05) is 13.0 Å². The summed E-state index contributed by atoms with van der Waals surface area (Å²) >= 11 is 0. The van der Waals surface area contributed by atoms with Gasteiger partial charge in [-0.05, 0) is 50.2 Å². The van der Waals surface area contributed by atoms with Gasteiger partial charge >= 0.3 is 0 Å². The Morgan fingerprint density at radius 3 is 2.55 bits per heavy atom. The molecule has 1 aliphatic heterocycles. The number of benzene rings is 1. The maximum Gasteiger partial charge on any atom is 0.191 e. The summed E-state index contributed by atoms with van der Waals surface area (Å²) in [4.78, 5) is 8.77. The van der Waals surface area contributed by atoms with Gasteiger partial charge in [0.1, 0.15) is 17.3 Å². The van der Waals surface area contributed by atoms with E-state index < -0.39 is 0 Å². The highest BCUT2D eigenvalue weighted by atomic mass is 19.1. The first-order chi connectivity index (χ1) is 14.0. The number of likely N-dealkylation sites (N-methyl/N-ethyl adjacent to an activating group) is 1. The molecule has 2 N–H and O–H groups in total. The molecule has 29 heavy (non-hydrogen) atoms. The minimum Gasteiger partial charge on any atom is -0.464 e. The molecule has 0 spiro atoms. The molecular formula is C22H32FN5O. The van der Waals surface area contributed by atoms with Crippen LogP contribution in [0.3, 0.4) is 0 Å². The van der Waals surface area contributed by atoms with Gasteiger partial charge in [0.15, 0.2) is 5.96 Å². The smallest absolute Gasteiger partial charge is 0.191 e. The van der Waals surface area contributed by atoms with Crippen molar-refractivity contribution in [3.05, 3.63) is 53.2 Å². The number of nitrogens with one attached hydrogen (secondary N) is 2. The van der Waals surface area contributed by atoms with E-state index in [-0.39, 0.29) is 11.9 Å². The zero-order valence-corrected chi connectivity index (χ0v) is 17.8. The summed E-state index contributed by atoms with van der Waals surface area (Å²) in [6.45, 7) is 11.3. The van der Waals surface area contributed by atoms with E-state index in [1.807, 2.05) is 38.1 Å². The molecule has 0 bridgehead atoms. The first-order valence-electron chi connectivity index (χ1n) is 10.3. The number of aryl methyl sites for hydroxylation is 1. The molecule has 0 radical (unpaired) electrons. The highest BCUT2D eigenvalue weighted by Gasteiger charge is 2.18. The largest absolute Gasteiger partial charge is 0.464 e. The van der Waals surface area contributed by atoms with Crippen LogP contribution in [0.25, 0.3) is 0 Å².